The Balaban J connectivity index is 2.21. The van der Waals surface area contributed by atoms with Crippen molar-refractivity contribution in [1.29, 1.82) is 0 Å². The molecule has 1 heterocycles. The minimum absolute atomic E-state index is 0.0764. The number of imidazole rings is 1. The van der Waals surface area contributed by atoms with Crippen LogP contribution in [0.25, 0.3) is 17.1 Å². The Kier molecular flexibility index (Phi) is 4.98. The number of nitrogens with two attached hydrogens (primary N) is 1. The van der Waals surface area contributed by atoms with Gasteiger partial charge in [-0.15, -0.1) is 0 Å². The second-order valence-corrected chi connectivity index (χ2v) is 7.89. The van der Waals surface area contributed by atoms with Gasteiger partial charge < -0.3 is 0 Å². The maximum Gasteiger partial charge on any atom is 0.434 e. The van der Waals surface area contributed by atoms with E-state index in [4.69, 9.17) is 28.3 Å². The molecule has 0 spiro atoms. The summed E-state index contributed by atoms with van der Waals surface area (Å²) in [6.07, 6.45) is -3.88. The maximum atomic E-state index is 13.2. The number of alkyl halides is 3. The SMILES string of the molecule is NS(=O)(=O)c1ccc(-c2nc(C(F)(F)F)cn2-c2ccc(Cl)cc2Cl)cc1. The van der Waals surface area contributed by atoms with E-state index in [0.29, 0.717) is 5.02 Å². The van der Waals surface area contributed by atoms with E-state index in [0.717, 1.165) is 10.8 Å². The van der Waals surface area contributed by atoms with E-state index >= 15 is 0 Å². The molecule has 0 saturated carbocycles. The number of rotatable bonds is 3. The second kappa shape index (κ2) is 6.83. The van der Waals surface area contributed by atoms with Crippen LogP contribution < -0.4 is 5.14 Å². The molecule has 0 unspecified atom stereocenters. The van der Waals surface area contributed by atoms with E-state index in [1.54, 1.807) is 0 Å². The highest BCUT2D eigenvalue weighted by Crippen LogP contribution is 2.35. The second-order valence-electron chi connectivity index (χ2n) is 5.48. The highest BCUT2D eigenvalue weighted by Gasteiger charge is 2.35. The van der Waals surface area contributed by atoms with Gasteiger partial charge in [-0.2, -0.15) is 13.2 Å². The summed E-state index contributed by atoms with van der Waals surface area (Å²) in [5.41, 5.74) is -0.655. The van der Waals surface area contributed by atoms with Crippen LogP contribution in [0.1, 0.15) is 5.69 Å². The van der Waals surface area contributed by atoms with Gasteiger partial charge in [-0.1, -0.05) is 23.2 Å². The lowest BCUT2D eigenvalue weighted by atomic mass is 10.2. The predicted octanol–water partition coefficient (Wildman–Crippen LogP) is 4.51. The molecule has 0 saturated heterocycles. The first-order valence-corrected chi connectivity index (χ1v) is 9.52. The fourth-order valence-electron chi connectivity index (χ4n) is 2.37. The summed E-state index contributed by atoms with van der Waals surface area (Å²) in [6.45, 7) is 0. The molecule has 5 nitrogen and oxygen atoms in total. The highest BCUT2D eigenvalue weighted by atomic mass is 35.5. The van der Waals surface area contributed by atoms with E-state index < -0.39 is 21.9 Å². The monoisotopic (exact) mass is 435 g/mol. The molecule has 0 aliphatic heterocycles. The number of hydrogen-bond acceptors (Lipinski definition) is 3. The molecular formula is C16H10Cl2F3N3O2S. The van der Waals surface area contributed by atoms with Gasteiger partial charge in [-0.3, -0.25) is 4.57 Å². The molecule has 2 N–H and O–H groups in total. The van der Waals surface area contributed by atoms with Gasteiger partial charge in [-0.25, -0.2) is 18.5 Å². The molecule has 1 aromatic heterocycles. The summed E-state index contributed by atoms with van der Waals surface area (Å²) in [4.78, 5) is 3.47. The third-order valence-corrected chi connectivity index (χ3v) is 5.07. The Morgan fingerprint density at radius 1 is 1.04 bits per heavy atom. The van der Waals surface area contributed by atoms with Crippen molar-refractivity contribution >= 4 is 33.2 Å². The lowest BCUT2D eigenvalue weighted by Gasteiger charge is -2.10. The average Bonchev–Trinajstić information content (AvgIpc) is 2.99. The van der Waals surface area contributed by atoms with Crippen molar-refractivity contribution < 1.29 is 21.6 Å². The van der Waals surface area contributed by atoms with Crippen molar-refractivity contribution in [1.82, 2.24) is 9.55 Å². The van der Waals surface area contributed by atoms with E-state index in [1.165, 1.54) is 42.5 Å². The standard InChI is InChI=1S/C16H10Cl2F3N3O2S/c17-10-3-6-13(12(18)7-10)24-8-14(16(19,20)21)23-15(24)9-1-4-11(5-2-9)27(22,25)26/h1-8H,(H2,22,25,26). The third kappa shape index (κ3) is 4.11. The number of aromatic nitrogens is 2. The van der Waals surface area contributed by atoms with Crippen molar-refractivity contribution in [3.8, 4) is 17.1 Å². The first kappa shape index (κ1) is 19.7. The van der Waals surface area contributed by atoms with Gasteiger partial charge >= 0.3 is 6.18 Å². The molecule has 0 aliphatic rings. The van der Waals surface area contributed by atoms with Crippen LogP contribution in [0, 0.1) is 0 Å². The summed E-state index contributed by atoms with van der Waals surface area (Å²) >= 11 is 12.0. The Hall–Kier alpha value is -2.07. The van der Waals surface area contributed by atoms with E-state index in [-0.39, 0.29) is 27.0 Å². The lowest BCUT2D eigenvalue weighted by Crippen LogP contribution is -2.11. The van der Waals surface area contributed by atoms with Crippen molar-refractivity contribution in [2.24, 2.45) is 5.14 Å². The van der Waals surface area contributed by atoms with Crippen LogP contribution in [-0.2, 0) is 16.2 Å². The quantitative estimate of drug-likeness (QED) is 0.656. The summed E-state index contributed by atoms with van der Waals surface area (Å²) in [7, 11) is -3.94. The fourth-order valence-corrected chi connectivity index (χ4v) is 3.39. The molecule has 0 fully saturated rings. The number of nitrogens with zero attached hydrogens (tertiary/aromatic N) is 2. The number of primary sulfonamides is 1. The van der Waals surface area contributed by atoms with E-state index in [1.807, 2.05) is 0 Å². The van der Waals surface area contributed by atoms with Gasteiger partial charge in [0.25, 0.3) is 0 Å². The first-order chi connectivity index (χ1) is 12.5. The molecule has 0 amide bonds. The summed E-state index contributed by atoms with van der Waals surface area (Å²) < 4.78 is 63.4. The van der Waals surface area contributed by atoms with E-state index in [9.17, 15) is 21.6 Å². The minimum Gasteiger partial charge on any atom is -0.298 e. The predicted molar refractivity (Wildman–Crippen MR) is 95.4 cm³/mol. The zero-order chi connectivity index (χ0) is 20.0. The van der Waals surface area contributed by atoms with Gasteiger partial charge in [0, 0.05) is 16.8 Å². The van der Waals surface area contributed by atoms with Crippen LogP contribution in [0.15, 0.2) is 53.6 Å². The number of sulfonamides is 1. The van der Waals surface area contributed by atoms with E-state index in [2.05, 4.69) is 4.98 Å². The maximum absolute atomic E-state index is 13.2. The summed E-state index contributed by atoms with van der Waals surface area (Å²) in [5, 5.41) is 5.47. The van der Waals surface area contributed by atoms with Crippen molar-refractivity contribution in [2.75, 3.05) is 0 Å². The zero-order valence-electron chi connectivity index (χ0n) is 13.2. The van der Waals surface area contributed by atoms with Crippen LogP contribution in [0.2, 0.25) is 10.0 Å². The first-order valence-electron chi connectivity index (χ1n) is 7.22. The molecular weight excluding hydrogens is 426 g/mol. The van der Waals surface area contributed by atoms with Gasteiger partial charge in [0.1, 0.15) is 5.82 Å². The highest BCUT2D eigenvalue weighted by molar-refractivity contribution is 7.89. The van der Waals surface area contributed by atoms with Gasteiger partial charge in [0.05, 0.1) is 15.6 Å². The van der Waals surface area contributed by atoms with Crippen molar-refractivity contribution in [2.45, 2.75) is 11.1 Å². The molecule has 0 aliphatic carbocycles. The van der Waals surface area contributed by atoms with Gasteiger partial charge in [0.2, 0.25) is 10.0 Å². The number of hydrogen-bond donors (Lipinski definition) is 1. The summed E-state index contributed by atoms with van der Waals surface area (Å²) in [5.74, 6) is -0.0764. The minimum atomic E-state index is -4.68. The van der Waals surface area contributed by atoms with Crippen LogP contribution in [0.5, 0.6) is 0 Å². The lowest BCUT2D eigenvalue weighted by molar-refractivity contribution is -0.140. The Labute approximate surface area is 162 Å². The average molecular weight is 436 g/mol. The molecule has 11 heteroatoms. The molecule has 27 heavy (non-hydrogen) atoms. The zero-order valence-corrected chi connectivity index (χ0v) is 15.5. The Morgan fingerprint density at radius 3 is 2.19 bits per heavy atom. The number of benzene rings is 2. The van der Waals surface area contributed by atoms with Crippen molar-refractivity contribution in [3.05, 3.63) is 64.4 Å². The molecule has 3 aromatic rings. The van der Waals surface area contributed by atoms with Crippen LogP contribution >= 0.6 is 23.2 Å². The molecule has 0 bridgehead atoms. The molecule has 0 atom stereocenters. The van der Waals surface area contributed by atoms with Crippen LogP contribution in [0.3, 0.4) is 0 Å². The molecule has 2 aromatic carbocycles. The third-order valence-electron chi connectivity index (χ3n) is 3.61. The largest absolute Gasteiger partial charge is 0.434 e. The molecule has 3 rings (SSSR count). The normalized spacial score (nSPS) is 12.4. The fraction of sp³-hybridized carbons (Fsp3) is 0.0625. The number of halogens is 5. The topological polar surface area (TPSA) is 78.0 Å². The van der Waals surface area contributed by atoms with Crippen LogP contribution in [0.4, 0.5) is 13.2 Å². The molecule has 142 valence electrons. The Morgan fingerprint density at radius 2 is 1.67 bits per heavy atom. The Bertz CT molecular complexity index is 1110. The summed E-state index contributed by atoms with van der Waals surface area (Å²) in [6, 6.07) is 9.30. The smallest absolute Gasteiger partial charge is 0.298 e. The van der Waals surface area contributed by atoms with Gasteiger partial charge in [0.15, 0.2) is 5.69 Å². The van der Waals surface area contributed by atoms with Gasteiger partial charge in [-0.05, 0) is 42.5 Å². The van der Waals surface area contributed by atoms with Crippen LogP contribution in [-0.4, -0.2) is 18.0 Å². The van der Waals surface area contributed by atoms with Crippen molar-refractivity contribution in [3.63, 3.8) is 0 Å². The molecule has 0 radical (unpaired) electrons.